The second-order valence-electron chi connectivity index (χ2n) is 10.6. The molecule has 2 aromatic carbocycles. The molecule has 3 aromatic heterocycles. The molecule has 200 valence electrons. The van der Waals surface area contributed by atoms with Crippen LogP contribution in [-0.4, -0.2) is 36.6 Å². The number of tetrazole rings is 1. The number of aryl methyl sites for hydroxylation is 1. The van der Waals surface area contributed by atoms with Gasteiger partial charge < -0.3 is 4.98 Å². The number of pyridine rings is 1. The molecule has 7 nitrogen and oxygen atoms in total. The number of hydrogen-bond donors (Lipinski definition) is 1. The fourth-order valence-corrected chi connectivity index (χ4v) is 6.56. The summed E-state index contributed by atoms with van der Waals surface area (Å²) in [4.78, 5) is 20.6. The number of H-pyrrole nitrogens is 1. The predicted molar refractivity (Wildman–Crippen MR) is 156 cm³/mol. The van der Waals surface area contributed by atoms with Crippen LogP contribution in [0.3, 0.4) is 0 Å². The van der Waals surface area contributed by atoms with Gasteiger partial charge in [0, 0.05) is 29.0 Å². The van der Waals surface area contributed by atoms with Crippen molar-refractivity contribution in [1.82, 2.24) is 30.1 Å². The smallest absolute Gasteiger partial charge is 0.253 e. The van der Waals surface area contributed by atoms with Gasteiger partial charge in [0.2, 0.25) is 0 Å². The molecule has 0 spiro atoms. The monoisotopic (exact) mass is 538 g/mol. The van der Waals surface area contributed by atoms with Crippen molar-refractivity contribution in [1.29, 1.82) is 0 Å². The van der Waals surface area contributed by atoms with Crippen molar-refractivity contribution >= 4 is 22.2 Å². The third-order valence-electron chi connectivity index (χ3n) is 7.84. The van der Waals surface area contributed by atoms with Crippen LogP contribution in [0.25, 0.3) is 10.9 Å². The third kappa shape index (κ3) is 5.72. The van der Waals surface area contributed by atoms with Crippen LogP contribution in [0.4, 0.5) is 0 Å². The largest absolute Gasteiger partial charge is 0.322 e. The van der Waals surface area contributed by atoms with Crippen molar-refractivity contribution in [2.75, 3.05) is 6.54 Å². The van der Waals surface area contributed by atoms with Gasteiger partial charge in [-0.05, 0) is 77.2 Å². The average molecular weight is 539 g/mol. The van der Waals surface area contributed by atoms with Crippen molar-refractivity contribution in [3.05, 3.63) is 110 Å². The number of nitrogens with zero attached hydrogens (tertiary/aromatic N) is 5. The van der Waals surface area contributed by atoms with E-state index in [1.807, 2.05) is 22.9 Å². The summed E-state index contributed by atoms with van der Waals surface area (Å²) in [5.41, 5.74) is 3.86. The summed E-state index contributed by atoms with van der Waals surface area (Å²) in [5, 5.41) is 16.4. The highest BCUT2D eigenvalue weighted by atomic mass is 32.1. The zero-order valence-corrected chi connectivity index (χ0v) is 23.1. The second-order valence-corrected chi connectivity index (χ2v) is 11.6. The van der Waals surface area contributed by atoms with Crippen molar-refractivity contribution in [3.63, 3.8) is 0 Å². The highest BCUT2D eigenvalue weighted by Gasteiger charge is 2.33. The Labute approximate surface area is 232 Å². The number of aromatic amines is 1. The Balaban J connectivity index is 1.49. The summed E-state index contributed by atoms with van der Waals surface area (Å²) in [7, 11) is 0. The van der Waals surface area contributed by atoms with Crippen LogP contribution < -0.4 is 5.56 Å². The molecule has 0 amide bonds. The molecule has 1 aliphatic carbocycles. The van der Waals surface area contributed by atoms with Gasteiger partial charge in [0.05, 0.1) is 6.04 Å². The molecule has 1 fully saturated rings. The quantitative estimate of drug-likeness (QED) is 0.241. The molecule has 0 bridgehead atoms. The molecule has 6 rings (SSSR count). The van der Waals surface area contributed by atoms with Crippen LogP contribution in [0, 0.1) is 6.92 Å². The van der Waals surface area contributed by atoms with Gasteiger partial charge in [-0.3, -0.25) is 9.69 Å². The molecule has 5 aromatic rings. The predicted octanol–water partition coefficient (Wildman–Crippen LogP) is 6.22. The number of thiophene rings is 1. The zero-order chi connectivity index (χ0) is 26.6. The topological polar surface area (TPSA) is 79.7 Å². The maximum Gasteiger partial charge on any atom is 0.253 e. The molecule has 1 N–H and O–H groups in total. The summed E-state index contributed by atoms with van der Waals surface area (Å²) >= 11 is 1.74. The minimum atomic E-state index is -0.388. The molecule has 1 saturated carbocycles. The maximum absolute atomic E-state index is 13.8. The number of fused-ring (bicyclic) bond motifs is 1. The highest BCUT2D eigenvalue weighted by Crippen LogP contribution is 2.34. The Morgan fingerprint density at radius 1 is 1.05 bits per heavy atom. The molecule has 1 atom stereocenters. The lowest BCUT2D eigenvalue weighted by Crippen LogP contribution is -2.36. The van der Waals surface area contributed by atoms with Gasteiger partial charge in [-0.15, -0.1) is 16.4 Å². The standard InChI is InChI=1S/C31H34N6OS/c1-22-14-15-28-24(19-22)20-27(31(38)32-28)29(30-33-34-35-37(30)25-11-6-3-7-12-25)36(21-26-13-8-18-39-26)17-16-23-9-4-2-5-10-23/h2,4-5,8-10,13-15,18-20,25,29H,3,6-7,11-12,16-17,21H2,1H3,(H,32,38)/t29-/m0/s1. The first-order valence-electron chi connectivity index (χ1n) is 13.9. The fraction of sp³-hybridized carbons (Fsp3) is 0.355. The summed E-state index contributed by atoms with van der Waals surface area (Å²) in [6, 6.07) is 22.8. The third-order valence-corrected chi connectivity index (χ3v) is 8.70. The fourth-order valence-electron chi connectivity index (χ4n) is 5.83. The molecule has 0 radical (unpaired) electrons. The van der Waals surface area contributed by atoms with Gasteiger partial charge in [0.1, 0.15) is 6.04 Å². The molecular formula is C31H34N6OS. The summed E-state index contributed by atoms with van der Waals surface area (Å²) in [5.74, 6) is 0.754. The maximum atomic E-state index is 13.8. The van der Waals surface area contributed by atoms with Crippen molar-refractivity contribution in [3.8, 4) is 0 Å². The second kappa shape index (κ2) is 11.6. The van der Waals surface area contributed by atoms with E-state index in [1.54, 1.807) is 11.3 Å². The molecule has 3 heterocycles. The minimum absolute atomic E-state index is 0.0922. The summed E-state index contributed by atoms with van der Waals surface area (Å²) in [6.45, 7) is 3.54. The zero-order valence-electron chi connectivity index (χ0n) is 22.3. The normalized spacial score (nSPS) is 15.2. The number of hydrogen-bond acceptors (Lipinski definition) is 6. The van der Waals surface area contributed by atoms with Crippen LogP contribution in [0.5, 0.6) is 0 Å². The van der Waals surface area contributed by atoms with E-state index in [0.29, 0.717) is 12.1 Å². The molecular weight excluding hydrogens is 504 g/mol. The first kappa shape index (κ1) is 25.6. The van der Waals surface area contributed by atoms with E-state index in [9.17, 15) is 4.79 Å². The van der Waals surface area contributed by atoms with E-state index in [-0.39, 0.29) is 17.6 Å². The van der Waals surface area contributed by atoms with E-state index in [2.05, 4.69) is 86.2 Å². The van der Waals surface area contributed by atoms with Gasteiger partial charge in [-0.2, -0.15) is 0 Å². The van der Waals surface area contributed by atoms with Crippen LogP contribution in [0.2, 0.25) is 0 Å². The molecule has 0 saturated heterocycles. The van der Waals surface area contributed by atoms with E-state index >= 15 is 0 Å². The molecule has 8 heteroatoms. The van der Waals surface area contributed by atoms with Gasteiger partial charge in [0.15, 0.2) is 5.82 Å². The number of benzene rings is 2. The van der Waals surface area contributed by atoms with Gasteiger partial charge in [-0.25, -0.2) is 4.68 Å². The highest BCUT2D eigenvalue weighted by molar-refractivity contribution is 7.09. The van der Waals surface area contributed by atoms with Crippen molar-refractivity contribution in [2.45, 2.75) is 64.1 Å². The van der Waals surface area contributed by atoms with Gasteiger partial charge >= 0.3 is 0 Å². The summed E-state index contributed by atoms with van der Waals surface area (Å²) in [6.07, 6.45) is 6.59. The molecule has 0 unspecified atom stereocenters. The first-order valence-corrected chi connectivity index (χ1v) is 14.8. The lowest BCUT2D eigenvalue weighted by molar-refractivity contribution is 0.198. The van der Waals surface area contributed by atoms with Gasteiger partial charge in [0.25, 0.3) is 5.56 Å². The number of nitrogens with one attached hydrogen (secondary N) is 1. The summed E-state index contributed by atoms with van der Waals surface area (Å²) < 4.78 is 2.02. The Kier molecular flexibility index (Phi) is 7.65. The first-order chi connectivity index (χ1) is 19.2. The Bertz CT molecular complexity index is 1570. The van der Waals surface area contributed by atoms with Crippen LogP contribution in [0.15, 0.2) is 76.9 Å². The Hall–Kier alpha value is -3.62. The Morgan fingerprint density at radius 2 is 1.90 bits per heavy atom. The average Bonchev–Trinajstić information content (AvgIpc) is 3.66. The van der Waals surface area contributed by atoms with Crippen molar-refractivity contribution in [2.24, 2.45) is 0 Å². The molecule has 39 heavy (non-hydrogen) atoms. The van der Waals surface area contributed by atoms with Gasteiger partial charge in [-0.1, -0.05) is 67.3 Å². The number of aromatic nitrogens is 5. The van der Waals surface area contributed by atoms with Crippen molar-refractivity contribution < 1.29 is 0 Å². The Morgan fingerprint density at radius 3 is 2.69 bits per heavy atom. The lowest BCUT2D eigenvalue weighted by atomic mass is 9.95. The van der Waals surface area contributed by atoms with E-state index in [1.165, 1.54) is 29.7 Å². The van der Waals surface area contributed by atoms with Crippen LogP contribution in [0.1, 0.15) is 71.6 Å². The minimum Gasteiger partial charge on any atom is -0.322 e. The SMILES string of the molecule is Cc1ccc2[nH]c(=O)c([C@@H](c3nnnn3C3CCCCC3)N(CCc3ccccc3)Cc3cccs3)cc2c1. The lowest BCUT2D eigenvalue weighted by Gasteiger charge is -2.32. The van der Waals surface area contributed by atoms with E-state index < -0.39 is 0 Å². The van der Waals surface area contributed by atoms with Crippen LogP contribution in [-0.2, 0) is 13.0 Å². The van der Waals surface area contributed by atoms with Crippen LogP contribution >= 0.6 is 11.3 Å². The molecule has 0 aliphatic heterocycles. The molecule has 1 aliphatic rings. The number of rotatable bonds is 9. The van der Waals surface area contributed by atoms with E-state index in [0.717, 1.165) is 48.1 Å². The van der Waals surface area contributed by atoms with E-state index in [4.69, 9.17) is 0 Å².